The predicted molar refractivity (Wildman–Crippen MR) is 78.2 cm³/mol. The molecule has 0 fully saturated rings. The lowest BCUT2D eigenvalue weighted by molar-refractivity contribution is 0.0181. The summed E-state index contributed by atoms with van der Waals surface area (Å²) < 4.78 is 0.784. The number of hydrogen-bond acceptors (Lipinski definition) is 5. The van der Waals surface area contributed by atoms with Gasteiger partial charge in [0.2, 0.25) is 0 Å². The highest BCUT2D eigenvalue weighted by molar-refractivity contribution is 7.80. The van der Waals surface area contributed by atoms with Crippen LogP contribution >= 0.6 is 24.0 Å². The van der Waals surface area contributed by atoms with Crippen LogP contribution in [0.5, 0.6) is 0 Å². The standard InChI is InChI=1S/C13H14O4S2/c14-9(4-5-18)12(15)7-2-1-3-10-8(7)6-11(19-10)13(16)17/h1-3,6,9,12,14-15,18H,4-5H2,(H,16,17). The zero-order valence-corrected chi connectivity index (χ0v) is 11.7. The normalized spacial score (nSPS) is 14.5. The topological polar surface area (TPSA) is 77.8 Å². The molecule has 2 unspecified atom stereocenters. The number of benzene rings is 1. The Morgan fingerprint density at radius 3 is 2.74 bits per heavy atom. The van der Waals surface area contributed by atoms with Gasteiger partial charge in [0.1, 0.15) is 11.0 Å². The van der Waals surface area contributed by atoms with Gasteiger partial charge < -0.3 is 15.3 Å². The van der Waals surface area contributed by atoms with Gasteiger partial charge in [-0.2, -0.15) is 12.6 Å². The summed E-state index contributed by atoms with van der Waals surface area (Å²) in [6, 6.07) is 6.78. The number of hydrogen-bond donors (Lipinski definition) is 4. The molecule has 0 aliphatic heterocycles. The van der Waals surface area contributed by atoms with Gasteiger partial charge in [0.05, 0.1) is 6.10 Å². The van der Waals surface area contributed by atoms with Crippen molar-refractivity contribution in [3.63, 3.8) is 0 Å². The van der Waals surface area contributed by atoms with E-state index in [0.717, 1.165) is 16.0 Å². The van der Waals surface area contributed by atoms with Crippen LogP contribution in [0.25, 0.3) is 10.1 Å². The summed E-state index contributed by atoms with van der Waals surface area (Å²) in [5.41, 5.74) is 0.551. The first-order valence-electron chi connectivity index (χ1n) is 5.77. The monoisotopic (exact) mass is 298 g/mol. The Balaban J connectivity index is 2.45. The largest absolute Gasteiger partial charge is 0.477 e. The summed E-state index contributed by atoms with van der Waals surface area (Å²) in [5.74, 6) is -0.518. The molecule has 0 aliphatic carbocycles. The fourth-order valence-electron chi connectivity index (χ4n) is 1.94. The first-order chi connectivity index (χ1) is 9.04. The zero-order valence-electron chi connectivity index (χ0n) is 9.98. The molecule has 19 heavy (non-hydrogen) atoms. The van der Waals surface area contributed by atoms with E-state index in [0.29, 0.717) is 23.1 Å². The lowest BCUT2D eigenvalue weighted by Crippen LogP contribution is -2.18. The van der Waals surface area contributed by atoms with Crippen molar-refractivity contribution >= 4 is 40.0 Å². The van der Waals surface area contributed by atoms with Gasteiger partial charge in [0.15, 0.2) is 0 Å². The number of aliphatic hydroxyl groups excluding tert-OH is 2. The second-order valence-electron chi connectivity index (χ2n) is 4.20. The van der Waals surface area contributed by atoms with Crippen molar-refractivity contribution in [1.82, 2.24) is 0 Å². The van der Waals surface area contributed by atoms with E-state index in [1.54, 1.807) is 18.2 Å². The Labute approximate surface area is 119 Å². The van der Waals surface area contributed by atoms with Crippen LogP contribution in [0.3, 0.4) is 0 Å². The molecule has 6 heteroatoms. The molecule has 0 saturated heterocycles. The Bertz CT molecular complexity index is 593. The summed E-state index contributed by atoms with van der Waals surface area (Å²) in [4.78, 5) is 11.2. The molecule has 3 N–H and O–H groups in total. The molecule has 0 spiro atoms. The fraction of sp³-hybridized carbons (Fsp3) is 0.308. The zero-order chi connectivity index (χ0) is 14.0. The number of aliphatic hydroxyl groups is 2. The fourth-order valence-corrected chi connectivity index (χ4v) is 3.14. The van der Waals surface area contributed by atoms with Crippen LogP contribution < -0.4 is 0 Å². The van der Waals surface area contributed by atoms with Crippen molar-refractivity contribution < 1.29 is 20.1 Å². The number of rotatable bonds is 5. The molecular weight excluding hydrogens is 284 g/mol. The van der Waals surface area contributed by atoms with Crippen LogP contribution in [0, 0.1) is 0 Å². The van der Waals surface area contributed by atoms with Crippen molar-refractivity contribution in [2.24, 2.45) is 0 Å². The van der Waals surface area contributed by atoms with Crippen LogP contribution in [0.15, 0.2) is 24.3 Å². The molecule has 2 atom stereocenters. The van der Waals surface area contributed by atoms with Gasteiger partial charge >= 0.3 is 5.97 Å². The summed E-state index contributed by atoms with van der Waals surface area (Å²) in [6.45, 7) is 0. The highest BCUT2D eigenvalue weighted by Gasteiger charge is 2.21. The maximum Gasteiger partial charge on any atom is 0.345 e. The van der Waals surface area contributed by atoms with E-state index < -0.39 is 18.2 Å². The van der Waals surface area contributed by atoms with Gasteiger partial charge in [0.25, 0.3) is 0 Å². The molecule has 0 radical (unpaired) electrons. The van der Waals surface area contributed by atoms with Crippen molar-refractivity contribution in [2.45, 2.75) is 18.6 Å². The minimum Gasteiger partial charge on any atom is -0.477 e. The van der Waals surface area contributed by atoms with Gasteiger partial charge in [-0.05, 0) is 35.3 Å². The van der Waals surface area contributed by atoms with Crippen LogP contribution in [0.4, 0.5) is 0 Å². The minimum atomic E-state index is -1.04. The van der Waals surface area contributed by atoms with Gasteiger partial charge in [0, 0.05) is 4.70 Å². The molecule has 0 saturated carbocycles. The molecule has 1 aromatic heterocycles. The molecule has 0 amide bonds. The van der Waals surface area contributed by atoms with Gasteiger partial charge in [-0.15, -0.1) is 11.3 Å². The second-order valence-corrected chi connectivity index (χ2v) is 5.73. The van der Waals surface area contributed by atoms with Crippen molar-refractivity contribution in [1.29, 1.82) is 0 Å². The van der Waals surface area contributed by atoms with Gasteiger partial charge in [-0.1, -0.05) is 12.1 Å². The second kappa shape index (κ2) is 5.92. The lowest BCUT2D eigenvalue weighted by atomic mass is 9.99. The predicted octanol–water partition coefficient (Wildman–Crippen LogP) is 2.31. The first-order valence-corrected chi connectivity index (χ1v) is 7.22. The smallest absolute Gasteiger partial charge is 0.345 e. The van der Waals surface area contributed by atoms with Crippen molar-refractivity contribution in [3.8, 4) is 0 Å². The first kappa shape index (κ1) is 14.3. The Kier molecular flexibility index (Phi) is 4.46. The van der Waals surface area contributed by atoms with Crippen molar-refractivity contribution in [3.05, 3.63) is 34.7 Å². The summed E-state index contributed by atoms with van der Waals surface area (Å²) >= 11 is 5.18. The van der Waals surface area contributed by atoms with E-state index in [1.165, 1.54) is 6.07 Å². The van der Waals surface area contributed by atoms with E-state index >= 15 is 0 Å². The third-order valence-corrected chi connectivity index (χ3v) is 4.26. The van der Waals surface area contributed by atoms with Crippen molar-refractivity contribution in [2.75, 3.05) is 5.75 Å². The Morgan fingerprint density at radius 1 is 1.37 bits per heavy atom. The SMILES string of the molecule is O=C(O)c1cc2c(C(O)C(O)CCS)cccc2s1. The van der Waals surface area contributed by atoms with Crippen LogP contribution in [0.2, 0.25) is 0 Å². The number of carboxylic acids is 1. The maximum absolute atomic E-state index is 11.0. The summed E-state index contributed by atoms with van der Waals surface area (Å²) in [5, 5.41) is 29.6. The highest BCUT2D eigenvalue weighted by Crippen LogP contribution is 2.33. The Hall–Kier alpha value is -1.08. The van der Waals surface area contributed by atoms with E-state index in [9.17, 15) is 15.0 Å². The maximum atomic E-state index is 11.0. The van der Waals surface area contributed by atoms with E-state index in [4.69, 9.17) is 5.11 Å². The molecule has 0 bridgehead atoms. The summed E-state index contributed by atoms with van der Waals surface area (Å²) in [6.07, 6.45) is -1.57. The number of fused-ring (bicyclic) bond motifs is 1. The number of thiol groups is 1. The minimum absolute atomic E-state index is 0.221. The van der Waals surface area contributed by atoms with E-state index in [2.05, 4.69) is 12.6 Å². The Morgan fingerprint density at radius 2 is 2.11 bits per heavy atom. The lowest BCUT2D eigenvalue weighted by Gasteiger charge is -2.18. The molecule has 1 heterocycles. The molecule has 2 rings (SSSR count). The molecular formula is C13H14O4S2. The van der Waals surface area contributed by atoms with Gasteiger partial charge in [-0.25, -0.2) is 4.79 Å². The molecule has 2 aromatic rings. The average molecular weight is 298 g/mol. The molecule has 0 aliphatic rings. The van der Waals surface area contributed by atoms with Gasteiger partial charge in [-0.3, -0.25) is 0 Å². The highest BCUT2D eigenvalue weighted by atomic mass is 32.1. The van der Waals surface area contributed by atoms with Crippen LogP contribution in [-0.4, -0.2) is 33.1 Å². The molecule has 1 aromatic carbocycles. The molecule has 102 valence electrons. The number of carboxylic acid groups (broad SMARTS) is 1. The number of carbonyl (C=O) groups is 1. The van der Waals surface area contributed by atoms with Crippen LogP contribution in [0.1, 0.15) is 27.8 Å². The number of thiophene rings is 1. The molecule has 4 nitrogen and oxygen atoms in total. The third kappa shape index (κ3) is 2.92. The number of aromatic carboxylic acids is 1. The van der Waals surface area contributed by atoms with Crippen LogP contribution in [-0.2, 0) is 0 Å². The quantitative estimate of drug-likeness (QED) is 0.639. The summed E-state index contributed by atoms with van der Waals surface area (Å²) in [7, 11) is 0. The third-order valence-electron chi connectivity index (χ3n) is 2.91. The van der Waals surface area contributed by atoms with E-state index in [-0.39, 0.29) is 4.88 Å². The average Bonchev–Trinajstić information content (AvgIpc) is 2.82. The van der Waals surface area contributed by atoms with E-state index in [1.807, 2.05) is 0 Å².